The van der Waals surface area contributed by atoms with Gasteiger partial charge in [0.2, 0.25) is 10.0 Å². The predicted octanol–water partition coefficient (Wildman–Crippen LogP) is 3.28. The third-order valence-electron chi connectivity index (χ3n) is 4.78. The number of rotatable bonds is 4. The third kappa shape index (κ3) is 3.76. The number of halogens is 1. The van der Waals surface area contributed by atoms with Crippen LogP contribution in [0, 0.1) is 11.3 Å². The van der Waals surface area contributed by atoms with Crippen molar-refractivity contribution < 1.29 is 8.42 Å². The number of nitrogens with zero attached hydrogens (tertiary/aromatic N) is 3. The number of hydrogen-bond donors (Lipinski definition) is 0. The smallest absolute Gasteiger partial charge is 0.244 e. The summed E-state index contributed by atoms with van der Waals surface area (Å²) in [5.41, 5.74) is 1.30. The molecule has 0 aromatic heterocycles. The van der Waals surface area contributed by atoms with Crippen LogP contribution in [-0.2, 0) is 10.0 Å². The normalized spacial score (nSPS) is 17.6. The van der Waals surface area contributed by atoms with Crippen molar-refractivity contribution in [1.82, 2.24) is 9.21 Å². The monoisotopic (exact) mass is 389 g/mol. The van der Waals surface area contributed by atoms with Gasteiger partial charge in [-0.25, -0.2) is 8.42 Å². The summed E-state index contributed by atoms with van der Waals surface area (Å²) < 4.78 is 27.3. The van der Waals surface area contributed by atoms with E-state index in [0.717, 1.165) is 5.56 Å². The molecule has 26 heavy (non-hydrogen) atoms. The van der Waals surface area contributed by atoms with Crippen LogP contribution < -0.4 is 0 Å². The Morgan fingerprint density at radius 1 is 1.08 bits per heavy atom. The minimum atomic E-state index is -3.66. The van der Waals surface area contributed by atoms with Crippen molar-refractivity contribution in [3.05, 3.63) is 64.7 Å². The van der Waals surface area contributed by atoms with E-state index in [4.69, 9.17) is 11.6 Å². The zero-order valence-electron chi connectivity index (χ0n) is 14.5. The summed E-state index contributed by atoms with van der Waals surface area (Å²) in [7, 11) is -3.66. The van der Waals surface area contributed by atoms with E-state index < -0.39 is 10.0 Å². The largest absolute Gasteiger partial charge is 0.294 e. The molecule has 0 aliphatic carbocycles. The molecular formula is C19H20ClN3O2S. The predicted molar refractivity (Wildman–Crippen MR) is 101 cm³/mol. The third-order valence-corrected chi connectivity index (χ3v) is 6.97. The first kappa shape index (κ1) is 18.9. The highest BCUT2D eigenvalue weighted by Gasteiger charge is 2.31. The summed E-state index contributed by atoms with van der Waals surface area (Å²) >= 11 is 6.07. The van der Waals surface area contributed by atoms with Gasteiger partial charge in [0.15, 0.2) is 0 Å². The Balaban J connectivity index is 1.73. The molecular weight excluding hydrogens is 370 g/mol. The van der Waals surface area contributed by atoms with Crippen molar-refractivity contribution in [2.45, 2.75) is 17.9 Å². The van der Waals surface area contributed by atoms with Gasteiger partial charge in [-0.05, 0) is 36.8 Å². The summed E-state index contributed by atoms with van der Waals surface area (Å²) in [6.45, 7) is 4.14. The quantitative estimate of drug-likeness (QED) is 0.804. The van der Waals surface area contributed by atoms with Gasteiger partial charge in [0, 0.05) is 37.2 Å². The molecule has 1 atom stereocenters. The lowest BCUT2D eigenvalue weighted by Gasteiger charge is -2.37. The van der Waals surface area contributed by atoms with Crippen LogP contribution in [0.2, 0.25) is 5.02 Å². The Morgan fingerprint density at radius 2 is 1.77 bits per heavy atom. The Labute approximate surface area is 159 Å². The summed E-state index contributed by atoms with van der Waals surface area (Å²) in [5, 5.41) is 9.89. The van der Waals surface area contributed by atoms with Crippen molar-refractivity contribution in [2.75, 3.05) is 26.2 Å². The molecule has 0 N–H and O–H groups in total. The molecule has 2 aromatic carbocycles. The van der Waals surface area contributed by atoms with Crippen LogP contribution >= 0.6 is 11.6 Å². The second-order valence-electron chi connectivity index (χ2n) is 6.28. The highest BCUT2D eigenvalue weighted by molar-refractivity contribution is 7.89. The fourth-order valence-electron chi connectivity index (χ4n) is 3.23. The lowest BCUT2D eigenvalue weighted by atomic mass is 10.1. The molecule has 3 rings (SSSR count). The van der Waals surface area contributed by atoms with Crippen LogP contribution in [0.5, 0.6) is 0 Å². The SMILES string of the molecule is CC(c1cccc(Cl)c1)N1CCN(S(=O)(=O)c2ccccc2C#N)CC1. The Morgan fingerprint density at radius 3 is 2.42 bits per heavy atom. The first-order valence-electron chi connectivity index (χ1n) is 8.42. The Kier molecular flexibility index (Phi) is 5.64. The van der Waals surface area contributed by atoms with Crippen LogP contribution in [0.3, 0.4) is 0 Å². The first-order valence-corrected chi connectivity index (χ1v) is 10.2. The molecule has 1 aliphatic heterocycles. The fraction of sp³-hybridized carbons (Fsp3) is 0.316. The number of hydrogen-bond acceptors (Lipinski definition) is 4. The van der Waals surface area contributed by atoms with Crippen molar-refractivity contribution in [3.63, 3.8) is 0 Å². The first-order chi connectivity index (χ1) is 12.4. The van der Waals surface area contributed by atoms with Crippen molar-refractivity contribution in [3.8, 4) is 6.07 Å². The second kappa shape index (κ2) is 7.77. The molecule has 1 heterocycles. The second-order valence-corrected chi connectivity index (χ2v) is 8.62. The van der Waals surface area contributed by atoms with Crippen LogP contribution in [0.25, 0.3) is 0 Å². The number of benzene rings is 2. The number of sulfonamides is 1. The summed E-state index contributed by atoms with van der Waals surface area (Å²) in [6, 6.07) is 16.2. The minimum absolute atomic E-state index is 0.0823. The molecule has 0 bridgehead atoms. The molecule has 0 saturated carbocycles. The van der Waals surface area contributed by atoms with Crippen LogP contribution in [0.4, 0.5) is 0 Å². The number of piperazine rings is 1. The molecule has 136 valence electrons. The lowest BCUT2D eigenvalue weighted by Crippen LogP contribution is -2.49. The van der Waals surface area contributed by atoms with Gasteiger partial charge in [0.25, 0.3) is 0 Å². The van der Waals surface area contributed by atoms with Gasteiger partial charge in [-0.3, -0.25) is 4.90 Å². The van der Waals surface area contributed by atoms with E-state index in [1.165, 1.54) is 16.4 Å². The van der Waals surface area contributed by atoms with E-state index in [0.29, 0.717) is 31.2 Å². The highest BCUT2D eigenvalue weighted by atomic mass is 35.5. The average molecular weight is 390 g/mol. The minimum Gasteiger partial charge on any atom is -0.294 e. The Bertz CT molecular complexity index is 932. The van der Waals surface area contributed by atoms with Gasteiger partial charge in [-0.1, -0.05) is 35.9 Å². The molecule has 1 fully saturated rings. The van der Waals surface area contributed by atoms with E-state index in [1.54, 1.807) is 12.1 Å². The fourth-order valence-corrected chi connectivity index (χ4v) is 4.99. The maximum absolute atomic E-state index is 12.9. The van der Waals surface area contributed by atoms with Crippen LogP contribution in [-0.4, -0.2) is 43.8 Å². The van der Waals surface area contributed by atoms with Gasteiger partial charge in [0.05, 0.1) is 10.5 Å². The van der Waals surface area contributed by atoms with Crippen LogP contribution in [0.15, 0.2) is 53.4 Å². The average Bonchev–Trinajstić information content (AvgIpc) is 2.67. The van der Waals surface area contributed by atoms with Gasteiger partial charge in [0.1, 0.15) is 6.07 Å². The molecule has 0 spiro atoms. The topological polar surface area (TPSA) is 64.4 Å². The lowest BCUT2D eigenvalue weighted by molar-refractivity contribution is 0.146. The van der Waals surface area contributed by atoms with E-state index in [9.17, 15) is 13.7 Å². The summed E-state index contributed by atoms with van der Waals surface area (Å²) in [6.07, 6.45) is 0. The van der Waals surface area contributed by atoms with Gasteiger partial charge >= 0.3 is 0 Å². The zero-order valence-corrected chi connectivity index (χ0v) is 16.0. The maximum atomic E-state index is 12.9. The maximum Gasteiger partial charge on any atom is 0.244 e. The van der Waals surface area contributed by atoms with Crippen molar-refractivity contribution >= 4 is 21.6 Å². The molecule has 0 amide bonds. The van der Waals surface area contributed by atoms with E-state index in [-0.39, 0.29) is 16.5 Å². The summed E-state index contributed by atoms with van der Waals surface area (Å²) in [5.74, 6) is 0. The van der Waals surface area contributed by atoms with Gasteiger partial charge < -0.3 is 0 Å². The molecule has 1 unspecified atom stereocenters. The zero-order chi connectivity index (χ0) is 18.7. The Hall–Kier alpha value is -1.91. The molecule has 1 saturated heterocycles. The number of nitriles is 1. The van der Waals surface area contributed by atoms with E-state index in [2.05, 4.69) is 11.8 Å². The molecule has 2 aromatic rings. The standard InChI is InChI=1S/C19H20ClN3O2S/c1-15(16-6-4-7-18(20)13-16)22-9-11-23(12-10-22)26(24,25)19-8-3-2-5-17(19)14-21/h2-8,13,15H,9-12H2,1H3. The van der Waals surface area contributed by atoms with Gasteiger partial charge in [-0.2, -0.15) is 9.57 Å². The summed E-state index contributed by atoms with van der Waals surface area (Å²) in [4.78, 5) is 2.33. The molecule has 1 aliphatic rings. The molecule has 7 heteroatoms. The molecule has 0 radical (unpaired) electrons. The van der Waals surface area contributed by atoms with Gasteiger partial charge in [-0.15, -0.1) is 0 Å². The van der Waals surface area contributed by atoms with E-state index >= 15 is 0 Å². The van der Waals surface area contributed by atoms with Crippen LogP contribution in [0.1, 0.15) is 24.1 Å². The highest BCUT2D eigenvalue weighted by Crippen LogP contribution is 2.26. The van der Waals surface area contributed by atoms with Crippen molar-refractivity contribution in [2.24, 2.45) is 0 Å². The van der Waals surface area contributed by atoms with Crippen molar-refractivity contribution in [1.29, 1.82) is 5.26 Å². The molecule has 5 nitrogen and oxygen atoms in total. The van der Waals surface area contributed by atoms with E-state index in [1.807, 2.05) is 30.3 Å².